The molecule has 0 saturated carbocycles. The molecular weight excluding hydrogens is 582 g/mol. The van der Waals surface area contributed by atoms with Gasteiger partial charge in [-0.2, -0.15) is 0 Å². The number of carboxylic acid groups (broad SMARTS) is 1. The molecule has 0 radical (unpaired) electrons. The van der Waals surface area contributed by atoms with Gasteiger partial charge in [0.2, 0.25) is 5.88 Å². The fourth-order valence-corrected chi connectivity index (χ4v) is 6.40. The SMILES string of the molecule is COc1ccc(-c2ccc(Cn3c(CC(C)(C)C(=O)O)c(SC(C)(C)C)c4cc(OCc5cccc(C)n5)ccc43)cc2)cn1. The number of rotatable bonds is 11. The van der Waals surface area contributed by atoms with Crippen molar-refractivity contribution in [3.8, 4) is 22.8 Å². The number of ether oxygens (including phenoxy) is 2. The molecule has 0 saturated heterocycles. The van der Waals surface area contributed by atoms with E-state index < -0.39 is 11.4 Å². The van der Waals surface area contributed by atoms with Gasteiger partial charge in [-0.05, 0) is 68.3 Å². The predicted molar refractivity (Wildman–Crippen MR) is 181 cm³/mol. The molecule has 3 aromatic heterocycles. The summed E-state index contributed by atoms with van der Waals surface area (Å²) in [6.07, 6.45) is 2.19. The summed E-state index contributed by atoms with van der Waals surface area (Å²) < 4.78 is 13.6. The Morgan fingerprint density at radius 3 is 2.31 bits per heavy atom. The third-order valence-corrected chi connectivity index (χ3v) is 8.87. The first-order valence-corrected chi connectivity index (χ1v) is 15.9. The van der Waals surface area contributed by atoms with Gasteiger partial charge in [-0.3, -0.25) is 9.78 Å². The summed E-state index contributed by atoms with van der Waals surface area (Å²) in [6.45, 7) is 13.1. The number of carbonyl (C=O) groups is 1. The average molecular weight is 624 g/mol. The van der Waals surface area contributed by atoms with Gasteiger partial charge in [0.1, 0.15) is 12.4 Å². The zero-order valence-electron chi connectivity index (χ0n) is 27.0. The summed E-state index contributed by atoms with van der Waals surface area (Å²) in [6, 6.07) is 24.4. The Kier molecular flexibility index (Phi) is 9.26. The van der Waals surface area contributed by atoms with Gasteiger partial charge in [-0.25, -0.2) is 4.98 Å². The lowest BCUT2D eigenvalue weighted by Gasteiger charge is -2.24. The van der Waals surface area contributed by atoms with E-state index in [2.05, 4.69) is 71.7 Å². The van der Waals surface area contributed by atoms with Gasteiger partial charge >= 0.3 is 5.97 Å². The molecule has 8 heteroatoms. The Labute approximate surface area is 269 Å². The van der Waals surface area contributed by atoms with Gasteiger partial charge in [-0.1, -0.05) is 51.1 Å². The van der Waals surface area contributed by atoms with Crippen LogP contribution in [0.2, 0.25) is 0 Å². The van der Waals surface area contributed by atoms with E-state index in [0.717, 1.165) is 55.3 Å². The minimum atomic E-state index is -0.958. The molecule has 0 aliphatic carbocycles. The molecule has 5 aromatic rings. The van der Waals surface area contributed by atoms with E-state index in [1.807, 2.05) is 49.5 Å². The molecule has 0 bridgehead atoms. The van der Waals surface area contributed by atoms with Crippen LogP contribution in [0, 0.1) is 12.3 Å². The monoisotopic (exact) mass is 623 g/mol. The third-order valence-electron chi connectivity index (χ3n) is 7.59. The van der Waals surface area contributed by atoms with E-state index in [9.17, 15) is 9.90 Å². The molecule has 0 spiro atoms. The van der Waals surface area contributed by atoms with Gasteiger partial charge < -0.3 is 19.1 Å². The van der Waals surface area contributed by atoms with Crippen molar-refractivity contribution in [2.24, 2.45) is 5.41 Å². The second-order valence-corrected chi connectivity index (χ2v) is 14.8. The first-order valence-electron chi connectivity index (χ1n) is 15.1. The van der Waals surface area contributed by atoms with Crippen LogP contribution in [0.15, 0.2) is 83.9 Å². The van der Waals surface area contributed by atoms with Crippen LogP contribution in [0.5, 0.6) is 11.6 Å². The molecule has 0 unspecified atom stereocenters. The summed E-state index contributed by atoms with van der Waals surface area (Å²) in [4.78, 5) is 22.4. The van der Waals surface area contributed by atoms with Crippen LogP contribution in [0.3, 0.4) is 0 Å². The molecule has 7 nitrogen and oxygen atoms in total. The fraction of sp³-hybridized carbons (Fsp3) is 0.324. The number of benzene rings is 2. The number of pyridine rings is 2. The molecular formula is C37H41N3O4S. The Morgan fingerprint density at radius 2 is 1.69 bits per heavy atom. The highest BCUT2D eigenvalue weighted by molar-refractivity contribution is 8.00. The van der Waals surface area contributed by atoms with Crippen molar-refractivity contribution in [2.45, 2.75) is 70.8 Å². The number of carboxylic acids is 1. The standard InChI is InChI=1S/C37H41N3O4S/c1-24-9-8-10-28(39-24)23-44-29-16-17-31-30(19-29)34(45-36(2,3)4)32(20-37(5,6)35(41)42)40(31)22-25-11-13-26(14-12-25)27-15-18-33(43-7)38-21-27/h8-19,21H,20,22-23H2,1-7H3,(H,41,42). The number of aryl methyl sites for hydroxylation is 1. The van der Waals surface area contributed by atoms with E-state index in [4.69, 9.17) is 9.47 Å². The van der Waals surface area contributed by atoms with Crippen molar-refractivity contribution >= 4 is 28.6 Å². The van der Waals surface area contributed by atoms with Gasteiger partial charge in [0.15, 0.2) is 0 Å². The highest BCUT2D eigenvalue weighted by Crippen LogP contribution is 2.44. The smallest absolute Gasteiger partial charge is 0.309 e. The molecule has 2 aromatic carbocycles. The number of hydrogen-bond acceptors (Lipinski definition) is 6. The molecule has 0 atom stereocenters. The zero-order valence-corrected chi connectivity index (χ0v) is 27.9. The van der Waals surface area contributed by atoms with Gasteiger partial charge in [0.25, 0.3) is 0 Å². The number of thioether (sulfide) groups is 1. The summed E-state index contributed by atoms with van der Waals surface area (Å²) in [5.41, 5.74) is 6.11. The van der Waals surface area contributed by atoms with Crippen LogP contribution in [-0.4, -0.2) is 37.5 Å². The number of aromatic nitrogens is 3. The summed E-state index contributed by atoms with van der Waals surface area (Å²) in [7, 11) is 1.61. The van der Waals surface area contributed by atoms with Gasteiger partial charge in [-0.15, -0.1) is 11.8 Å². The lowest BCUT2D eigenvalue weighted by Crippen LogP contribution is -2.28. The molecule has 234 valence electrons. The van der Waals surface area contributed by atoms with Crippen LogP contribution in [0.1, 0.15) is 57.3 Å². The third kappa shape index (κ3) is 7.68. The minimum absolute atomic E-state index is 0.0996. The van der Waals surface area contributed by atoms with Gasteiger partial charge in [0, 0.05) is 62.7 Å². The molecule has 0 aliphatic rings. The van der Waals surface area contributed by atoms with Crippen LogP contribution >= 0.6 is 11.8 Å². The van der Waals surface area contributed by atoms with Crippen molar-refractivity contribution in [3.05, 3.63) is 102 Å². The normalized spacial score (nSPS) is 12.0. The lowest BCUT2D eigenvalue weighted by molar-refractivity contribution is -0.146. The molecule has 0 fully saturated rings. The highest BCUT2D eigenvalue weighted by Gasteiger charge is 2.33. The number of hydrogen-bond donors (Lipinski definition) is 1. The first-order chi connectivity index (χ1) is 21.3. The number of aliphatic carboxylic acids is 1. The van der Waals surface area contributed by atoms with Crippen molar-refractivity contribution in [3.63, 3.8) is 0 Å². The van der Waals surface area contributed by atoms with Crippen LogP contribution in [0.4, 0.5) is 0 Å². The largest absolute Gasteiger partial charge is 0.487 e. The number of fused-ring (bicyclic) bond motifs is 1. The van der Waals surface area contributed by atoms with E-state index in [1.165, 1.54) is 0 Å². The van der Waals surface area contributed by atoms with Crippen molar-refractivity contribution in [1.29, 1.82) is 0 Å². The Balaban J connectivity index is 1.57. The molecule has 1 N–H and O–H groups in total. The number of methoxy groups -OCH3 is 1. The van der Waals surface area contributed by atoms with Crippen molar-refractivity contribution in [2.75, 3.05) is 7.11 Å². The molecule has 0 aliphatic heterocycles. The predicted octanol–water partition coefficient (Wildman–Crippen LogP) is 8.59. The quantitative estimate of drug-likeness (QED) is 0.148. The fourth-order valence-electron chi connectivity index (χ4n) is 5.21. The Morgan fingerprint density at radius 1 is 0.956 bits per heavy atom. The molecule has 0 amide bonds. The van der Waals surface area contributed by atoms with Crippen LogP contribution in [-0.2, 0) is 24.4 Å². The lowest BCUT2D eigenvalue weighted by atomic mass is 9.88. The topological polar surface area (TPSA) is 86.5 Å². The minimum Gasteiger partial charge on any atom is -0.487 e. The zero-order chi connectivity index (χ0) is 32.4. The van der Waals surface area contributed by atoms with E-state index in [1.54, 1.807) is 32.7 Å². The molecule has 3 heterocycles. The Bertz CT molecular complexity index is 1800. The summed E-state index contributed by atoms with van der Waals surface area (Å²) in [5, 5.41) is 11.2. The van der Waals surface area contributed by atoms with E-state index >= 15 is 0 Å². The summed E-state index contributed by atoms with van der Waals surface area (Å²) >= 11 is 1.77. The van der Waals surface area contributed by atoms with Crippen molar-refractivity contribution in [1.82, 2.24) is 14.5 Å². The average Bonchev–Trinajstić information content (AvgIpc) is 3.25. The maximum absolute atomic E-state index is 12.4. The maximum Gasteiger partial charge on any atom is 0.309 e. The summed E-state index contributed by atoms with van der Waals surface area (Å²) in [5.74, 6) is 0.509. The second-order valence-electron chi connectivity index (χ2n) is 13.0. The maximum atomic E-state index is 12.4. The van der Waals surface area contributed by atoms with Gasteiger partial charge in [0.05, 0.1) is 18.2 Å². The Hall–Kier alpha value is -4.30. The second kappa shape index (κ2) is 13.0. The highest BCUT2D eigenvalue weighted by atomic mass is 32.2. The van der Waals surface area contributed by atoms with E-state index in [0.29, 0.717) is 25.5 Å². The molecule has 45 heavy (non-hydrogen) atoms. The molecule has 5 rings (SSSR count). The first kappa shape index (κ1) is 32.1. The van der Waals surface area contributed by atoms with Crippen LogP contribution < -0.4 is 9.47 Å². The number of nitrogens with zero attached hydrogens (tertiary/aromatic N) is 3. The van der Waals surface area contributed by atoms with Crippen LogP contribution in [0.25, 0.3) is 22.0 Å². The van der Waals surface area contributed by atoms with Crippen molar-refractivity contribution < 1.29 is 19.4 Å². The van der Waals surface area contributed by atoms with E-state index in [-0.39, 0.29) is 4.75 Å².